The Labute approximate surface area is 228 Å². The number of allylic oxidation sites excluding steroid dienone is 2. The molecule has 6 aromatic rings. The molecule has 0 fully saturated rings. The Balaban J connectivity index is 1.64. The number of benzene rings is 6. The Morgan fingerprint density at radius 1 is 0.590 bits per heavy atom. The van der Waals surface area contributed by atoms with E-state index in [9.17, 15) is 4.79 Å². The molecule has 0 saturated heterocycles. The van der Waals surface area contributed by atoms with Crippen molar-refractivity contribution in [2.75, 3.05) is 12.0 Å². The Hall–Kier alpha value is -4.89. The first-order valence-electron chi connectivity index (χ1n) is 13.1. The number of anilines is 3. The van der Waals surface area contributed by atoms with E-state index in [1.54, 1.807) is 14.0 Å². The third-order valence-corrected chi connectivity index (χ3v) is 7.40. The van der Waals surface area contributed by atoms with Crippen LogP contribution >= 0.6 is 0 Å². The van der Waals surface area contributed by atoms with Gasteiger partial charge >= 0.3 is 0 Å². The van der Waals surface area contributed by atoms with E-state index in [-0.39, 0.29) is 5.78 Å². The minimum atomic E-state index is -0.0202. The second-order valence-corrected chi connectivity index (χ2v) is 9.77. The van der Waals surface area contributed by atoms with Gasteiger partial charge in [-0.15, -0.1) is 0 Å². The molecule has 190 valence electrons. The van der Waals surface area contributed by atoms with Crippen LogP contribution in [0, 0.1) is 0 Å². The number of ketones is 1. The van der Waals surface area contributed by atoms with Gasteiger partial charge in [0.1, 0.15) is 5.76 Å². The molecule has 0 spiro atoms. The van der Waals surface area contributed by atoms with Crippen LogP contribution in [-0.4, -0.2) is 12.9 Å². The van der Waals surface area contributed by atoms with Crippen molar-refractivity contribution in [1.82, 2.24) is 0 Å². The third kappa shape index (κ3) is 4.42. The molecule has 0 unspecified atom stereocenters. The molecule has 0 aliphatic heterocycles. The summed E-state index contributed by atoms with van der Waals surface area (Å²) in [6.07, 6.45) is 0. The van der Waals surface area contributed by atoms with Crippen molar-refractivity contribution >= 4 is 60.7 Å². The van der Waals surface area contributed by atoms with E-state index in [0.29, 0.717) is 11.3 Å². The summed E-state index contributed by atoms with van der Waals surface area (Å²) >= 11 is 0. The van der Waals surface area contributed by atoms with Crippen LogP contribution in [0.25, 0.3) is 37.9 Å². The molecule has 0 N–H and O–H groups in total. The number of Topliss-reactive ketones (excluding diaryl/α,β-unsaturated/α-hetero) is 1. The highest BCUT2D eigenvalue weighted by atomic mass is 16.5. The molecule has 3 heteroatoms. The monoisotopic (exact) mass is 507 g/mol. The maximum Gasteiger partial charge on any atom is 0.163 e. The second-order valence-electron chi connectivity index (χ2n) is 9.77. The van der Waals surface area contributed by atoms with E-state index in [2.05, 4.69) is 114 Å². The summed E-state index contributed by atoms with van der Waals surface area (Å²) in [7, 11) is 1.61. The molecule has 0 radical (unpaired) electrons. The lowest BCUT2D eigenvalue weighted by atomic mass is 9.94. The Kier molecular flexibility index (Phi) is 6.34. The quantitative estimate of drug-likeness (QED) is 0.166. The fourth-order valence-corrected chi connectivity index (χ4v) is 5.49. The van der Waals surface area contributed by atoms with Crippen LogP contribution in [0.4, 0.5) is 17.1 Å². The minimum Gasteiger partial charge on any atom is -0.501 e. The van der Waals surface area contributed by atoms with Crippen molar-refractivity contribution in [2.45, 2.75) is 13.8 Å². The lowest BCUT2D eigenvalue weighted by Gasteiger charge is -2.28. The summed E-state index contributed by atoms with van der Waals surface area (Å²) in [5, 5.41) is 6.82. The van der Waals surface area contributed by atoms with Crippen molar-refractivity contribution in [3.63, 3.8) is 0 Å². The third-order valence-electron chi connectivity index (χ3n) is 7.40. The number of carbonyl (C=O) groups excluding carboxylic acids is 1. The zero-order chi connectivity index (χ0) is 26.9. The molecular weight excluding hydrogens is 478 g/mol. The molecular formula is C36H29NO2. The van der Waals surface area contributed by atoms with E-state index in [0.717, 1.165) is 33.4 Å². The van der Waals surface area contributed by atoms with Gasteiger partial charge in [0.15, 0.2) is 5.78 Å². The fraction of sp³-hybridized carbons (Fsp3) is 0.0833. The van der Waals surface area contributed by atoms with Crippen molar-refractivity contribution < 1.29 is 9.53 Å². The number of methoxy groups -OCH3 is 1. The van der Waals surface area contributed by atoms with E-state index in [1.165, 1.54) is 21.5 Å². The first kappa shape index (κ1) is 24.4. The molecule has 0 bridgehead atoms. The molecule has 6 rings (SSSR count). The van der Waals surface area contributed by atoms with Crippen LogP contribution in [0.15, 0.2) is 127 Å². The number of hydrogen-bond acceptors (Lipinski definition) is 3. The summed E-state index contributed by atoms with van der Waals surface area (Å²) < 4.78 is 5.52. The van der Waals surface area contributed by atoms with Gasteiger partial charge in [0.2, 0.25) is 0 Å². The lowest BCUT2D eigenvalue weighted by molar-refractivity contribution is -0.111. The number of rotatable bonds is 6. The Bertz CT molecular complexity index is 1820. The minimum absolute atomic E-state index is 0.0202. The van der Waals surface area contributed by atoms with Crippen LogP contribution in [0.1, 0.15) is 19.4 Å². The van der Waals surface area contributed by atoms with E-state index in [4.69, 9.17) is 4.74 Å². The average molecular weight is 508 g/mol. The van der Waals surface area contributed by atoms with E-state index < -0.39 is 0 Å². The smallest absolute Gasteiger partial charge is 0.163 e. The predicted octanol–water partition coefficient (Wildman–Crippen LogP) is 9.58. The standard InChI is InChI=1S/C36H29NO2/c1-24(38)36(25(2)39-3)34-16-8-15-33-32(34)14-9-17-35(33)37(30-20-18-26-10-4-6-12-28(26)22-30)31-21-19-27-11-5-7-13-29(27)23-31/h4-23H,1-3H3/b36-25+. The zero-order valence-electron chi connectivity index (χ0n) is 22.3. The fourth-order valence-electron chi connectivity index (χ4n) is 5.49. The summed E-state index contributed by atoms with van der Waals surface area (Å²) in [6.45, 7) is 3.44. The SMILES string of the molecule is CO/C(C)=C(\C(C)=O)c1cccc2c(N(c3ccc4ccccc4c3)c3ccc4ccccc4c3)cccc12. The number of nitrogens with zero attached hydrogens (tertiary/aromatic N) is 1. The van der Waals surface area contributed by atoms with Gasteiger partial charge in [-0.1, -0.05) is 91.0 Å². The van der Waals surface area contributed by atoms with Gasteiger partial charge < -0.3 is 9.64 Å². The predicted molar refractivity (Wildman–Crippen MR) is 164 cm³/mol. The maximum absolute atomic E-state index is 12.8. The summed E-state index contributed by atoms with van der Waals surface area (Å²) in [5.41, 5.74) is 4.65. The van der Waals surface area contributed by atoms with Crippen LogP contribution in [0.5, 0.6) is 0 Å². The van der Waals surface area contributed by atoms with Gasteiger partial charge in [-0.2, -0.15) is 0 Å². The molecule has 0 amide bonds. The zero-order valence-corrected chi connectivity index (χ0v) is 22.3. The lowest BCUT2D eigenvalue weighted by Crippen LogP contribution is -2.11. The topological polar surface area (TPSA) is 29.5 Å². The number of ether oxygens (including phenoxy) is 1. The summed E-state index contributed by atoms with van der Waals surface area (Å²) in [6, 6.07) is 42.5. The van der Waals surface area contributed by atoms with Gasteiger partial charge in [0, 0.05) is 16.8 Å². The molecule has 0 saturated carbocycles. The molecule has 0 atom stereocenters. The number of carbonyl (C=O) groups is 1. The molecule has 39 heavy (non-hydrogen) atoms. The largest absolute Gasteiger partial charge is 0.501 e. The van der Waals surface area contributed by atoms with Crippen LogP contribution in [0.3, 0.4) is 0 Å². The Morgan fingerprint density at radius 2 is 1.13 bits per heavy atom. The molecule has 0 aliphatic carbocycles. The number of hydrogen-bond donors (Lipinski definition) is 0. The highest BCUT2D eigenvalue weighted by molar-refractivity contribution is 6.24. The normalized spacial score (nSPS) is 12.0. The first-order valence-corrected chi connectivity index (χ1v) is 13.1. The van der Waals surface area contributed by atoms with Gasteiger partial charge in [0.25, 0.3) is 0 Å². The molecule has 0 heterocycles. The number of fused-ring (bicyclic) bond motifs is 3. The van der Waals surface area contributed by atoms with Gasteiger partial charge in [0.05, 0.1) is 18.4 Å². The van der Waals surface area contributed by atoms with Crippen molar-refractivity contribution in [3.05, 3.63) is 133 Å². The van der Waals surface area contributed by atoms with Crippen LogP contribution in [0.2, 0.25) is 0 Å². The summed E-state index contributed by atoms with van der Waals surface area (Å²) in [4.78, 5) is 15.1. The van der Waals surface area contributed by atoms with Crippen molar-refractivity contribution in [3.8, 4) is 0 Å². The van der Waals surface area contributed by atoms with Gasteiger partial charge in [-0.05, 0) is 76.7 Å². The van der Waals surface area contributed by atoms with E-state index in [1.807, 2.05) is 19.1 Å². The first-order chi connectivity index (χ1) is 19.0. The molecule has 3 nitrogen and oxygen atoms in total. The summed E-state index contributed by atoms with van der Waals surface area (Å²) in [5.74, 6) is 0.592. The maximum atomic E-state index is 12.8. The second kappa shape index (κ2) is 10.1. The average Bonchev–Trinajstić information content (AvgIpc) is 2.97. The highest BCUT2D eigenvalue weighted by Gasteiger charge is 2.20. The molecule has 6 aromatic carbocycles. The van der Waals surface area contributed by atoms with Crippen LogP contribution in [-0.2, 0) is 9.53 Å². The van der Waals surface area contributed by atoms with E-state index >= 15 is 0 Å². The highest BCUT2D eigenvalue weighted by Crippen LogP contribution is 2.42. The Morgan fingerprint density at radius 3 is 1.69 bits per heavy atom. The molecule has 0 aromatic heterocycles. The van der Waals surface area contributed by atoms with Crippen molar-refractivity contribution in [2.24, 2.45) is 0 Å². The molecule has 0 aliphatic rings. The van der Waals surface area contributed by atoms with Crippen molar-refractivity contribution in [1.29, 1.82) is 0 Å². The van der Waals surface area contributed by atoms with Gasteiger partial charge in [-0.3, -0.25) is 4.79 Å². The van der Waals surface area contributed by atoms with Crippen LogP contribution < -0.4 is 4.90 Å². The van der Waals surface area contributed by atoms with Gasteiger partial charge in [-0.25, -0.2) is 0 Å².